The summed E-state index contributed by atoms with van der Waals surface area (Å²) in [6.07, 6.45) is 5.46. The molecular formula is C19H27NS2. The number of nitrogens with zero attached hydrogens (tertiary/aromatic N) is 1. The Hall–Kier alpha value is -0.800. The van der Waals surface area contributed by atoms with Gasteiger partial charge in [0.2, 0.25) is 0 Å². The van der Waals surface area contributed by atoms with E-state index in [4.69, 9.17) is 0 Å². The van der Waals surface area contributed by atoms with E-state index in [0.717, 1.165) is 18.4 Å². The average Bonchev–Trinajstić information content (AvgIpc) is 3.12. The van der Waals surface area contributed by atoms with Crippen molar-refractivity contribution in [2.75, 3.05) is 11.4 Å². The van der Waals surface area contributed by atoms with Crippen molar-refractivity contribution in [2.45, 2.75) is 53.0 Å². The minimum Gasteiger partial charge on any atom is -0.366 e. The van der Waals surface area contributed by atoms with E-state index >= 15 is 0 Å². The summed E-state index contributed by atoms with van der Waals surface area (Å²) >= 11 is 3.79. The lowest BCUT2D eigenvalue weighted by Gasteiger charge is -2.30. The molecule has 1 atom stereocenters. The minimum atomic E-state index is 0.838. The summed E-state index contributed by atoms with van der Waals surface area (Å²) in [5, 5.41) is 4.49. The van der Waals surface area contributed by atoms with Crippen LogP contribution in [0.15, 0.2) is 22.9 Å². The Morgan fingerprint density at radius 3 is 2.59 bits per heavy atom. The zero-order valence-electron chi connectivity index (χ0n) is 14.0. The number of rotatable bonds is 7. The molecule has 0 spiro atoms. The number of anilines is 1. The van der Waals surface area contributed by atoms with Crippen molar-refractivity contribution in [3.63, 3.8) is 0 Å². The molecule has 0 aromatic carbocycles. The van der Waals surface area contributed by atoms with Crippen LogP contribution in [0.4, 0.5) is 5.69 Å². The van der Waals surface area contributed by atoms with E-state index in [-0.39, 0.29) is 0 Å². The van der Waals surface area contributed by atoms with Gasteiger partial charge in [0, 0.05) is 13.1 Å². The number of hydrogen-bond acceptors (Lipinski definition) is 3. The van der Waals surface area contributed by atoms with E-state index in [0.29, 0.717) is 0 Å². The Kier molecular flexibility index (Phi) is 5.25. The fourth-order valence-electron chi connectivity index (χ4n) is 3.27. The molecule has 0 fully saturated rings. The molecule has 2 aromatic rings. The van der Waals surface area contributed by atoms with Gasteiger partial charge in [-0.25, -0.2) is 0 Å². The molecule has 1 unspecified atom stereocenters. The number of fused-ring (bicyclic) bond motifs is 3. The molecule has 3 heterocycles. The van der Waals surface area contributed by atoms with Crippen LogP contribution in [-0.2, 0) is 6.54 Å². The molecule has 120 valence electrons. The van der Waals surface area contributed by atoms with Crippen molar-refractivity contribution in [3.05, 3.63) is 28.5 Å². The molecule has 0 bridgehead atoms. The SMILES string of the molecule is CC(C)CCCC(C)CCN1Cc2ccsc2-c2sccc21. The Labute approximate surface area is 143 Å². The van der Waals surface area contributed by atoms with Crippen molar-refractivity contribution >= 4 is 28.4 Å². The maximum atomic E-state index is 2.60. The normalized spacial score (nSPS) is 15.0. The summed E-state index contributed by atoms with van der Waals surface area (Å²) in [5.74, 6) is 1.68. The Balaban J connectivity index is 1.56. The molecule has 1 aliphatic rings. The minimum absolute atomic E-state index is 0.838. The van der Waals surface area contributed by atoms with Gasteiger partial charge in [-0.1, -0.05) is 40.0 Å². The monoisotopic (exact) mass is 333 g/mol. The second-order valence-corrected chi connectivity index (χ2v) is 8.88. The van der Waals surface area contributed by atoms with Crippen LogP contribution < -0.4 is 4.90 Å². The van der Waals surface area contributed by atoms with Crippen molar-refractivity contribution in [1.82, 2.24) is 0 Å². The van der Waals surface area contributed by atoms with Crippen LogP contribution in [-0.4, -0.2) is 6.54 Å². The molecule has 0 amide bonds. The van der Waals surface area contributed by atoms with E-state index in [1.165, 1.54) is 53.2 Å². The fourth-order valence-corrected chi connectivity index (χ4v) is 5.31. The summed E-state index contributed by atoms with van der Waals surface area (Å²) in [4.78, 5) is 5.59. The Bertz CT molecular complexity index is 596. The molecule has 2 aromatic heterocycles. The topological polar surface area (TPSA) is 3.24 Å². The predicted octanol–water partition coefficient (Wildman–Crippen LogP) is 6.65. The highest BCUT2D eigenvalue weighted by molar-refractivity contribution is 7.21. The first kappa shape index (κ1) is 16.1. The van der Waals surface area contributed by atoms with E-state index in [9.17, 15) is 0 Å². The van der Waals surface area contributed by atoms with Crippen LogP contribution in [0, 0.1) is 11.8 Å². The van der Waals surface area contributed by atoms with E-state index in [1.807, 2.05) is 22.7 Å². The second kappa shape index (κ2) is 7.18. The largest absolute Gasteiger partial charge is 0.366 e. The highest BCUT2D eigenvalue weighted by Gasteiger charge is 2.24. The van der Waals surface area contributed by atoms with Gasteiger partial charge >= 0.3 is 0 Å². The smallest absolute Gasteiger partial charge is 0.0679 e. The molecule has 0 saturated heterocycles. The molecule has 3 rings (SSSR count). The van der Waals surface area contributed by atoms with Gasteiger partial charge < -0.3 is 4.90 Å². The summed E-state index contributed by atoms with van der Waals surface area (Å²) in [6, 6.07) is 4.62. The molecule has 0 aliphatic carbocycles. The van der Waals surface area contributed by atoms with Gasteiger partial charge in [-0.15, -0.1) is 22.7 Å². The summed E-state index contributed by atoms with van der Waals surface area (Å²) in [6.45, 7) is 9.38. The van der Waals surface area contributed by atoms with Gasteiger partial charge in [-0.05, 0) is 46.7 Å². The molecule has 1 aliphatic heterocycles. The molecule has 0 radical (unpaired) electrons. The number of thiophene rings is 2. The zero-order valence-corrected chi connectivity index (χ0v) is 15.6. The predicted molar refractivity (Wildman–Crippen MR) is 101 cm³/mol. The first-order valence-corrected chi connectivity index (χ1v) is 10.3. The van der Waals surface area contributed by atoms with E-state index in [2.05, 4.69) is 48.6 Å². The first-order valence-electron chi connectivity index (χ1n) is 8.54. The van der Waals surface area contributed by atoms with Gasteiger partial charge in [0.15, 0.2) is 0 Å². The zero-order chi connectivity index (χ0) is 15.5. The van der Waals surface area contributed by atoms with Crippen LogP contribution in [0.2, 0.25) is 0 Å². The van der Waals surface area contributed by atoms with Crippen LogP contribution in [0.5, 0.6) is 0 Å². The molecular weight excluding hydrogens is 306 g/mol. The third-order valence-electron chi connectivity index (χ3n) is 4.67. The molecule has 0 saturated carbocycles. The van der Waals surface area contributed by atoms with Crippen molar-refractivity contribution < 1.29 is 0 Å². The molecule has 0 N–H and O–H groups in total. The summed E-state index contributed by atoms with van der Waals surface area (Å²) in [7, 11) is 0. The maximum absolute atomic E-state index is 2.60. The molecule has 3 heteroatoms. The molecule has 22 heavy (non-hydrogen) atoms. The van der Waals surface area contributed by atoms with Gasteiger partial charge in [0.1, 0.15) is 0 Å². The van der Waals surface area contributed by atoms with E-state index in [1.54, 1.807) is 0 Å². The lowest BCUT2D eigenvalue weighted by molar-refractivity contribution is 0.435. The third-order valence-corrected chi connectivity index (χ3v) is 6.69. The van der Waals surface area contributed by atoms with Crippen molar-refractivity contribution in [1.29, 1.82) is 0 Å². The Morgan fingerprint density at radius 1 is 1.00 bits per heavy atom. The summed E-state index contributed by atoms with van der Waals surface area (Å²) in [5.41, 5.74) is 2.99. The third kappa shape index (κ3) is 3.57. The van der Waals surface area contributed by atoms with Crippen LogP contribution >= 0.6 is 22.7 Å². The fraction of sp³-hybridized carbons (Fsp3) is 0.579. The number of hydrogen-bond donors (Lipinski definition) is 0. The Morgan fingerprint density at radius 2 is 1.77 bits per heavy atom. The van der Waals surface area contributed by atoms with Gasteiger partial charge in [-0.2, -0.15) is 0 Å². The van der Waals surface area contributed by atoms with Crippen LogP contribution in [0.1, 0.15) is 52.0 Å². The average molecular weight is 334 g/mol. The van der Waals surface area contributed by atoms with Gasteiger partial charge in [-0.3, -0.25) is 0 Å². The van der Waals surface area contributed by atoms with Crippen molar-refractivity contribution in [2.24, 2.45) is 11.8 Å². The highest BCUT2D eigenvalue weighted by atomic mass is 32.1. The van der Waals surface area contributed by atoms with E-state index < -0.39 is 0 Å². The van der Waals surface area contributed by atoms with Gasteiger partial charge in [0.05, 0.1) is 15.4 Å². The molecule has 1 nitrogen and oxygen atoms in total. The first-order chi connectivity index (χ1) is 10.6. The van der Waals surface area contributed by atoms with Crippen molar-refractivity contribution in [3.8, 4) is 9.75 Å². The van der Waals surface area contributed by atoms with Crippen LogP contribution in [0.3, 0.4) is 0 Å². The lowest BCUT2D eigenvalue weighted by Crippen LogP contribution is -2.27. The summed E-state index contributed by atoms with van der Waals surface area (Å²) < 4.78 is 0. The van der Waals surface area contributed by atoms with Crippen LogP contribution in [0.25, 0.3) is 9.75 Å². The second-order valence-electron chi connectivity index (χ2n) is 7.05. The maximum Gasteiger partial charge on any atom is 0.0679 e. The standard InChI is InChI=1S/C19H27NS2/c1-14(2)5-4-6-15(3)7-10-20-13-16-8-11-21-18(16)19-17(20)9-12-22-19/h8-9,11-12,14-15H,4-7,10,13H2,1-3H3. The lowest BCUT2D eigenvalue weighted by atomic mass is 9.97. The highest BCUT2D eigenvalue weighted by Crippen LogP contribution is 2.45. The van der Waals surface area contributed by atoms with Gasteiger partial charge in [0.25, 0.3) is 0 Å². The quantitative estimate of drug-likeness (QED) is 0.548.